The Morgan fingerprint density at radius 2 is 1.62 bits per heavy atom. The molecular formula is C21H25NO2. The second-order valence-electron chi connectivity index (χ2n) is 6.37. The Balaban J connectivity index is 1.45. The van der Waals surface area contributed by atoms with E-state index in [0.717, 1.165) is 18.7 Å². The van der Waals surface area contributed by atoms with Crippen LogP contribution in [0.2, 0.25) is 0 Å². The first-order valence-corrected chi connectivity index (χ1v) is 8.83. The first kappa shape index (κ1) is 16.7. The number of rotatable bonds is 7. The minimum atomic E-state index is 0.00442. The molecule has 126 valence electrons. The molecule has 3 heteroatoms. The van der Waals surface area contributed by atoms with E-state index in [2.05, 4.69) is 17.0 Å². The van der Waals surface area contributed by atoms with Gasteiger partial charge in [0, 0.05) is 12.1 Å². The molecule has 1 aliphatic rings. The van der Waals surface area contributed by atoms with E-state index in [4.69, 9.17) is 4.74 Å². The second kappa shape index (κ2) is 8.65. The fourth-order valence-electron chi connectivity index (χ4n) is 3.08. The van der Waals surface area contributed by atoms with E-state index in [0.29, 0.717) is 5.56 Å². The van der Waals surface area contributed by atoms with Crippen molar-refractivity contribution >= 4 is 5.78 Å². The van der Waals surface area contributed by atoms with Crippen LogP contribution in [0.15, 0.2) is 54.6 Å². The molecule has 3 nitrogen and oxygen atoms in total. The number of Topliss-reactive ketones (excluding diaryl/α,β-unsaturated/α-hetero) is 1. The molecule has 1 heterocycles. The van der Waals surface area contributed by atoms with Crippen molar-refractivity contribution < 1.29 is 9.53 Å². The van der Waals surface area contributed by atoms with Gasteiger partial charge in [0.1, 0.15) is 5.75 Å². The summed E-state index contributed by atoms with van der Waals surface area (Å²) in [7, 11) is 0. The van der Waals surface area contributed by atoms with Crippen molar-refractivity contribution in [2.75, 3.05) is 26.2 Å². The van der Waals surface area contributed by atoms with Crippen LogP contribution >= 0.6 is 0 Å². The average Bonchev–Trinajstić information content (AvgIpc) is 2.67. The Morgan fingerprint density at radius 3 is 2.33 bits per heavy atom. The third-order valence-electron chi connectivity index (χ3n) is 4.55. The summed E-state index contributed by atoms with van der Waals surface area (Å²) in [5.74, 6) is 0.755. The van der Waals surface area contributed by atoms with Gasteiger partial charge in [0.25, 0.3) is 0 Å². The van der Waals surface area contributed by atoms with Crippen LogP contribution in [0.1, 0.15) is 35.2 Å². The minimum Gasteiger partial charge on any atom is -0.485 e. The third-order valence-corrected chi connectivity index (χ3v) is 4.55. The highest BCUT2D eigenvalue weighted by Gasteiger charge is 2.10. The van der Waals surface area contributed by atoms with Crippen LogP contribution in [0, 0.1) is 0 Å². The fraction of sp³-hybridized carbons (Fsp3) is 0.381. The lowest BCUT2D eigenvalue weighted by Crippen LogP contribution is -2.31. The molecule has 0 spiro atoms. The summed E-state index contributed by atoms with van der Waals surface area (Å²) in [5, 5.41) is 0. The maximum atomic E-state index is 12.0. The van der Waals surface area contributed by atoms with E-state index in [1.165, 1.54) is 37.9 Å². The van der Waals surface area contributed by atoms with Crippen molar-refractivity contribution in [3.05, 3.63) is 65.7 Å². The molecule has 0 aliphatic carbocycles. The molecule has 0 amide bonds. The summed E-state index contributed by atoms with van der Waals surface area (Å²) in [6.45, 7) is 3.69. The predicted molar refractivity (Wildman–Crippen MR) is 96.7 cm³/mol. The molecular weight excluding hydrogens is 298 g/mol. The third kappa shape index (κ3) is 4.93. The molecule has 0 radical (unpaired) electrons. The van der Waals surface area contributed by atoms with Crippen LogP contribution in [0.5, 0.6) is 5.75 Å². The lowest BCUT2D eigenvalue weighted by Gasteiger charge is -2.26. The first-order valence-electron chi connectivity index (χ1n) is 8.83. The van der Waals surface area contributed by atoms with Gasteiger partial charge in [0.2, 0.25) is 0 Å². The Hall–Kier alpha value is -2.13. The van der Waals surface area contributed by atoms with Gasteiger partial charge in [-0.2, -0.15) is 0 Å². The molecule has 24 heavy (non-hydrogen) atoms. The molecule has 3 rings (SSSR count). The molecule has 2 aromatic rings. The highest BCUT2D eigenvalue weighted by atomic mass is 16.5. The molecule has 0 bridgehead atoms. The number of benzene rings is 2. The van der Waals surface area contributed by atoms with Gasteiger partial charge < -0.3 is 9.64 Å². The largest absolute Gasteiger partial charge is 0.485 e. The molecule has 0 N–H and O–H groups in total. The van der Waals surface area contributed by atoms with E-state index in [-0.39, 0.29) is 12.4 Å². The maximum Gasteiger partial charge on any atom is 0.200 e. The number of piperidine rings is 1. The Kier molecular flexibility index (Phi) is 6.02. The standard InChI is InChI=1S/C21H25NO2/c23-21(19-7-3-1-4-8-19)17-24-20-11-9-18(10-12-20)13-16-22-14-5-2-6-15-22/h1,3-4,7-12H,2,5-6,13-17H2. The summed E-state index contributed by atoms with van der Waals surface area (Å²) in [4.78, 5) is 14.6. The monoisotopic (exact) mass is 323 g/mol. The van der Waals surface area contributed by atoms with Crippen LogP contribution < -0.4 is 4.74 Å². The zero-order valence-electron chi connectivity index (χ0n) is 14.1. The molecule has 1 aliphatic heterocycles. The van der Waals surface area contributed by atoms with Gasteiger partial charge in [-0.3, -0.25) is 4.79 Å². The van der Waals surface area contributed by atoms with E-state index in [1.807, 2.05) is 42.5 Å². The number of likely N-dealkylation sites (tertiary alicyclic amines) is 1. The molecule has 0 aromatic heterocycles. The van der Waals surface area contributed by atoms with E-state index < -0.39 is 0 Å². The Labute approximate surface area is 144 Å². The van der Waals surface area contributed by atoms with Gasteiger partial charge in [0.05, 0.1) is 0 Å². The van der Waals surface area contributed by atoms with E-state index in [1.54, 1.807) is 0 Å². The second-order valence-corrected chi connectivity index (χ2v) is 6.37. The molecule has 0 atom stereocenters. The zero-order valence-corrected chi connectivity index (χ0v) is 14.1. The number of ketones is 1. The maximum absolute atomic E-state index is 12.0. The van der Waals surface area contributed by atoms with Crippen molar-refractivity contribution in [2.45, 2.75) is 25.7 Å². The number of hydrogen-bond donors (Lipinski definition) is 0. The molecule has 1 fully saturated rings. The quantitative estimate of drug-likeness (QED) is 0.722. The van der Waals surface area contributed by atoms with Gasteiger partial charge in [0.15, 0.2) is 12.4 Å². The van der Waals surface area contributed by atoms with Gasteiger partial charge >= 0.3 is 0 Å². The number of nitrogens with zero attached hydrogens (tertiary/aromatic N) is 1. The first-order chi connectivity index (χ1) is 11.8. The molecule has 2 aromatic carbocycles. The van der Waals surface area contributed by atoms with Crippen molar-refractivity contribution in [1.29, 1.82) is 0 Å². The fourth-order valence-corrected chi connectivity index (χ4v) is 3.08. The number of carbonyl (C=O) groups is 1. The number of ether oxygens (including phenoxy) is 1. The van der Waals surface area contributed by atoms with Crippen molar-refractivity contribution in [2.24, 2.45) is 0 Å². The topological polar surface area (TPSA) is 29.5 Å². The Bertz CT molecular complexity index is 631. The van der Waals surface area contributed by atoms with Gasteiger partial charge in [-0.05, 0) is 50.0 Å². The molecule has 0 unspecified atom stereocenters. The Morgan fingerprint density at radius 1 is 0.917 bits per heavy atom. The summed E-state index contributed by atoms with van der Waals surface area (Å²) in [5.41, 5.74) is 2.01. The minimum absolute atomic E-state index is 0.00442. The number of hydrogen-bond acceptors (Lipinski definition) is 3. The SMILES string of the molecule is O=C(COc1ccc(CCN2CCCCC2)cc1)c1ccccc1. The van der Waals surface area contributed by atoms with Crippen molar-refractivity contribution in [3.8, 4) is 5.75 Å². The predicted octanol–water partition coefficient (Wildman–Crippen LogP) is 3.98. The average molecular weight is 323 g/mol. The van der Waals surface area contributed by atoms with Crippen molar-refractivity contribution in [3.63, 3.8) is 0 Å². The van der Waals surface area contributed by atoms with Crippen molar-refractivity contribution in [1.82, 2.24) is 4.90 Å². The molecule has 0 saturated carbocycles. The van der Waals surface area contributed by atoms with Crippen LogP contribution in [-0.4, -0.2) is 36.9 Å². The van der Waals surface area contributed by atoms with Crippen LogP contribution in [-0.2, 0) is 6.42 Å². The lowest BCUT2D eigenvalue weighted by molar-refractivity contribution is 0.0921. The molecule has 1 saturated heterocycles. The van der Waals surface area contributed by atoms with Gasteiger partial charge in [-0.15, -0.1) is 0 Å². The zero-order chi connectivity index (χ0) is 16.6. The summed E-state index contributed by atoms with van der Waals surface area (Å²) >= 11 is 0. The van der Waals surface area contributed by atoms with Crippen LogP contribution in [0.4, 0.5) is 0 Å². The highest BCUT2D eigenvalue weighted by Crippen LogP contribution is 2.15. The normalized spacial score (nSPS) is 15.2. The van der Waals surface area contributed by atoms with Gasteiger partial charge in [-0.25, -0.2) is 0 Å². The summed E-state index contributed by atoms with van der Waals surface area (Å²) in [6, 6.07) is 17.4. The van der Waals surface area contributed by atoms with E-state index >= 15 is 0 Å². The highest BCUT2D eigenvalue weighted by molar-refractivity contribution is 5.97. The van der Waals surface area contributed by atoms with Gasteiger partial charge in [-0.1, -0.05) is 48.9 Å². The van der Waals surface area contributed by atoms with Crippen LogP contribution in [0.3, 0.4) is 0 Å². The van der Waals surface area contributed by atoms with Crippen LogP contribution in [0.25, 0.3) is 0 Å². The lowest BCUT2D eigenvalue weighted by atomic mass is 10.1. The summed E-state index contributed by atoms with van der Waals surface area (Å²) in [6.07, 6.45) is 5.12. The smallest absolute Gasteiger partial charge is 0.200 e. The number of carbonyl (C=O) groups excluding carboxylic acids is 1. The van der Waals surface area contributed by atoms with E-state index in [9.17, 15) is 4.79 Å². The summed E-state index contributed by atoms with van der Waals surface area (Å²) < 4.78 is 5.61.